The van der Waals surface area contributed by atoms with Gasteiger partial charge in [-0.25, -0.2) is 33.1 Å². The van der Waals surface area contributed by atoms with Crippen LogP contribution in [0.2, 0.25) is 0 Å². The van der Waals surface area contributed by atoms with Crippen molar-refractivity contribution in [1.82, 2.24) is 21.3 Å². The summed E-state index contributed by atoms with van der Waals surface area (Å²) < 4.78 is 46.9. The van der Waals surface area contributed by atoms with Gasteiger partial charge in [0, 0.05) is 102 Å². The highest BCUT2D eigenvalue weighted by Gasteiger charge is 2.56. The quantitative estimate of drug-likeness (QED) is 0.0146. The minimum Gasteiger partial charge on any atom is -0.505 e. The largest absolute Gasteiger partial charge is 0.505 e. The van der Waals surface area contributed by atoms with Crippen molar-refractivity contribution >= 4 is 75.7 Å². The summed E-state index contributed by atoms with van der Waals surface area (Å²) in [5.74, 6) is -8.11. The summed E-state index contributed by atoms with van der Waals surface area (Å²) in [6.45, 7) is -0.0321. The van der Waals surface area contributed by atoms with Crippen molar-refractivity contribution in [2.75, 3.05) is 38.3 Å². The molecule has 0 bridgehead atoms. The van der Waals surface area contributed by atoms with Crippen molar-refractivity contribution in [3.63, 3.8) is 0 Å². The Labute approximate surface area is 520 Å². The Morgan fingerprint density at radius 3 is 2.03 bits per heavy atom. The maximum absolute atomic E-state index is 14.8. The Morgan fingerprint density at radius 1 is 0.758 bits per heavy atom. The third-order valence-electron chi connectivity index (χ3n) is 15.0. The summed E-state index contributed by atoms with van der Waals surface area (Å²) in [7, 11) is 0. The molecule has 32 heteroatoms. The number of hydrogen-bond acceptors (Lipinski definition) is 23. The van der Waals surface area contributed by atoms with Crippen LogP contribution in [0.25, 0.3) is 33.4 Å². The Bertz CT molecular complexity index is 3520. The van der Waals surface area contributed by atoms with Gasteiger partial charge in [-0.3, -0.25) is 24.0 Å². The van der Waals surface area contributed by atoms with Crippen LogP contribution in [0.1, 0.15) is 92.4 Å². The van der Waals surface area contributed by atoms with Crippen molar-refractivity contribution < 1.29 is 118 Å². The predicted octanol–water partition coefficient (Wildman–Crippen LogP) is -0.629. The van der Waals surface area contributed by atoms with E-state index >= 15 is 0 Å². The number of aliphatic carboxylic acids is 2. The molecule has 12 unspecified atom stereocenters. The van der Waals surface area contributed by atoms with Gasteiger partial charge in [0.05, 0.1) is 49.6 Å². The van der Waals surface area contributed by atoms with E-state index in [1.807, 2.05) is 0 Å². The zero-order chi connectivity index (χ0) is 67.2. The minimum absolute atomic E-state index is 0.00723. The lowest BCUT2D eigenvalue weighted by atomic mass is 9.81. The molecule has 29 nitrogen and oxygen atoms in total. The first kappa shape index (κ1) is 72.0. The number of carbonyl (C=O) groups excluding carboxylic acids is 4. The van der Waals surface area contributed by atoms with E-state index in [1.165, 1.54) is 37.7 Å². The third-order valence-corrected chi connectivity index (χ3v) is 15.6. The van der Waals surface area contributed by atoms with Gasteiger partial charge in [-0.05, 0) is 68.8 Å². The van der Waals surface area contributed by atoms with Crippen LogP contribution < -0.4 is 26.7 Å². The van der Waals surface area contributed by atoms with Crippen LogP contribution >= 0.6 is 11.8 Å². The molecule has 4 amide bonds. The van der Waals surface area contributed by atoms with Crippen LogP contribution in [-0.2, 0) is 33.4 Å². The number of nitrogens with one attached hydrogen (secondary N) is 4. The minimum atomic E-state index is -2.66. The van der Waals surface area contributed by atoms with Crippen molar-refractivity contribution in [1.29, 1.82) is 0 Å². The maximum atomic E-state index is 14.8. The lowest BCUT2D eigenvalue weighted by molar-refractivity contribution is -0.227. The Kier molecular flexibility index (Phi) is 25.1. The average Bonchev–Trinajstić information content (AvgIpc) is 0.764. The number of benzene rings is 3. The average molecular weight is 1300 g/mol. The van der Waals surface area contributed by atoms with Crippen LogP contribution in [-0.4, -0.2) is 225 Å². The van der Waals surface area contributed by atoms with Crippen LogP contribution in [0.4, 0.5) is 8.78 Å². The Morgan fingerprint density at radius 2 is 1.41 bits per heavy atom. The number of thioether (sulfide) groups is 1. The van der Waals surface area contributed by atoms with Gasteiger partial charge < -0.3 is 96.4 Å². The molecular formula is C59H70F2N6O23S. The number of nitrogens with zero attached hydrogens (tertiary/aromatic N) is 2. The van der Waals surface area contributed by atoms with Gasteiger partial charge in [0.25, 0.3) is 11.6 Å². The number of carboxylic acids is 3. The zero-order valence-electron chi connectivity index (χ0n) is 49.1. The number of aliphatic hydroxyl groups excluding tert-OH is 8. The first-order valence-corrected chi connectivity index (χ1v) is 29.7. The number of hydrogen-bond donors (Lipinski definition) is 16. The molecule has 2 aromatic rings. The van der Waals surface area contributed by atoms with E-state index in [-0.39, 0.29) is 89.1 Å². The number of unbranched alkanes of at least 4 members (excludes halogenated alkanes) is 2. The molecule has 6 rings (SSSR count). The maximum Gasteiger partial charge on any atom is 0.359 e. The number of phenolic OH excluding ortho intramolecular Hbond substituents is 1. The number of phenols is 1. The summed E-state index contributed by atoms with van der Waals surface area (Å²) in [5, 5.41) is 136. The SMILES string of the molecule is CSCCC(=O)NCC(=O)NC1C(O)CC(N=C(C)CC#CN=C(C)CC2(C(=O)O)CC(O)C(NC(=O)CCCCCNC(=O)c3ccc(C(=O)O)c(-c4c5cc(F)c(=O)cc-5oc5cc(O)c(F)cc45)c3)C(C(O)C(O)CO)O2)(C(=O)O)OC1C(O)C(O)CO. The molecule has 2 fully saturated rings. The molecule has 0 aromatic heterocycles. The number of carbonyl (C=O) groups is 7. The van der Waals surface area contributed by atoms with Gasteiger partial charge in [-0.2, -0.15) is 11.8 Å². The number of amides is 4. The van der Waals surface area contributed by atoms with Crippen LogP contribution in [0, 0.1) is 23.6 Å². The number of aliphatic imine (C=N–C) groups is 2. The number of aromatic hydroxyl groups is 1. The van der Waals surface area contributed by atoms with E-state index in [1.54, 1.807) is 6.26 Å². The van der Waals surface area contributed by atoms with E-state index in [0.717, 1.165) is 30.3 Å². The highest BCUT2D eigenvalue weighted by atomic mass is 32.2. The van der Waals surface area contributed by atoms with E-state index in [4.69, 9.17) is 13.9 Å². The van der Waals surface area contributed by atoms with Crippen LogP contribution in [0.3, 0.4) is 0 Å². The number of carboxylic acid groups (broad SMARTS) is 3. The van der Waals surface area contributed by atoms with Crippen molar-refractivity contribution in [3.8, 4) is 40.2 Å². The van der Waals surface area contributed by atoms with Gasteiger partial charge in [-0.1, -0.05) is 12.3 Å². The molecule has 16 N–H and O–H groups in total. The zero-order valence-corrected chi connectivity index (χ0v) is 49.9. The molecule has 3 aliphatic heterocycles. The molecule has 12 atom stereocenters. The number of aromatic carboxylic acids is 1. The second-order valence-corrected chi connectivity index (χ2v) is 22.8. The van der Waals surface area contributed by atoms with Gasteiger partial charge >= 0.3 is 17.9 Å². The fraction of sp³-hybridized carbons (Fsp3) is 0.492. The molecule has 1 aliphatic carbocycles. The highest BCUT2D eigenvalue weighted by Crippen LogP contribution is 2.44. The van der Waals surface area contributed by atoms with E-state index < -0.39 is 181 Å². The summed E-state index contributed by atoms with van der Waals surface area (Å²) >= 11 is 1.39. The molecule has 0 radical (unpaired) electrons. The molecule has 0 saturated carbocycles. The topological polar surface area (TPSA) is 484 Å². The first-order chi connectivity index (χ1) is 43.0. The third kappa shape index (κ3) is 17.7. The monoisotopic (exact) mass is 1300 g/mol. The van der Waals surface area contributed by atoms with Crippen molar-refractivity contribution in [3.05, 3.63) is 75.4 Å². The second kappa shape index (κ2) is 31.8. The lowest BCUT2D eigenvalue weighted by Gasteiger charge is -2.47. The van der Waals surface area contributed by atoms with Gasteiger partial charge in [0.2, 0.25) is 23.2 Å². The number of ether oxygens (including phenoxy) is 2. The molecule has 0 spiro atoms. The molecule has 4 aliphatic rings. The molecule has 494 valence electrons. The van der Waals surface area contributed by atoms with Crippen LogP contribution in [0.15, 0.2) is 61.7 Å². The Hall–Kier alpha value is -8.07. The predicted molar refractivity (Wildman–Crippen MR) is 317 cm³/mol. The highest BCUT2D eigenvalue weighted by molar-refractivity contribution is 7.98. The van der Waals surface area contributed by atoms with Gasteiger partial charge in [0.15, 0.2) is 23.0 Å². The van der Waals surface area contributed by atoms with Crippen molar-refractivity contribution in [2.24, 2.45) is 9.98 Å². The fourth-order valence-corrected chi connectivity index (χ4v) is 10.8. The number of fused-ring (bicyclic) bond motifs is 2. The Balaban J connectivity index is 1.08. The first-order valence-electron chi connectivity index (χ1n) is 28.3. The smallest absolute Gasteiger partial charge is 0.359 e. The number of aliphatic hydroxyl groups is 8. The summed E-state index contributed by atoms with van der Waals surface area (Å²) in [6, 6.07) is 6.00. The summed E-state index contributed by atoms with van der Waals surface area (Å²) in [5.41, 5.74) is -7.39. The van der Waals surface area contributed by atoms with E-state index in [0.29, 0.717) is 12.2 Å². The second-order valence-electron chi connectivity index (χ2n) is 21.8. The lowest BCUT2D eigenvalue weighted by Crippen LogP contribution is -2.67. The van der Waals surface area contributed by atoms with E-state index in [9.17, 15) is 108 Å². The normalized spacial score (nSPS) is 23.2. The molecule has 3 heterocycles. The standard InChI is InChI=1S/C59H70F2N6O23S/c1-27(67-59(57(86)87)23-39(73)49(53(90-59)51(80)41(75)26-69)66-46(78)24-64-44(76)12-15-91-3)8-7-14-62-28(2)21-58(56(84)85)22-38(72)48(52(89-58)50(79)40(74)25-68)65-45(77)9-5-4-6-13-63-54(81)29-10-11-30(55(82)83)31(16-29)47-32-17-34(60)36(70)19-42(32)88-43-20-37(71)35(61)18-33(43)47/h10-11,16-20,38-41,48-53,68-70,72-75,79-80H,4-6,8-9,12-13,15,21-26H2,1-3H3,(H,63,81)(H,64,76)(H,65,77)(H,66,78)(H,82,83)(H,84,85)(H,86,87). The number of rotatable bonds is 28. The molecule has 2 saturated heterocycles. The molecule has 2 aromatic carbocycles. The molecule has 91 heavy (non-hydrogen) atoms. The van der Waals surface area contributed by atoms with Gasteiger partial charge in [0.1, 0.15) is 48.0 Å². The number of halogens is 2. The summed E-state index contributed by atoms with van der Waals surface area (Å²) in [6.07, 6.45) is -15.7. The van der Waals surface area contributed by atoms with Crippen molar-refractivity contribution in [2.45, 2.75) is 144 Å². The summed E-state index contributed by atoms with van der Waals surface area (Å²) in [4.78, 5) is 110. The van der Waals surface area contributed by atoms with Gasteiger partial charge in [-0.15, -0.1) is 0 Å². The fourth-order valence-electron chi connectivity index (χ4n) is 10.4. The molecular weight excluding hydrogens is 1230 g/mol. The van der Waals surface area contributed by atoms with E-state index in [2.05, 4.69) is 43.2 Å². The van der Waals surface area contributed by atoms with Crippen LogP contribution in [0.5, 0.6) is 5.75 Å².